The molecule has 1 saturated heterocycles. The van der Waals surface area contributed by atoms with E-state index >= 15 is 0 Å². The van der Waals surface area contributed by atoms with Crippen LogP contribution in [0.4, 0.5) is 0 Å². The second-order valence-corrected chi connectivity index (χ2v) is 10.0. The number of nitrogens with one attached hydrogen (secondary N) is 1. The van der Waals surface area contributed by atoms with Gasteiger partial charge in [0.15, 0.2) is 0 Å². The molecule has 1 aliphatic heterocycles. The first-order chi connectivity index (χ1) is 15.5. The van der Waals surface area contributed by atoms with Gasteiger partial charge in [0, 0.05) is 37.9 Å². The average molecular weight is 456 g/mol. The van der Waals surface area contributed by atoms with Crippen LogP contribution < -0.4 is 10.1 Å². The molecule has 1 atom stereocenters. The number of methoxy groups -OCH3 is 1. The number of rotatable bonds is 8. The van der Waals surface area contributed by atoms with Gasteiger partial charge in [-0.25, -0.2) is 8.42 Å². The third kappa shape index (κ3) is 4.81. The zero-order valence-electron chi connectivity index (χ0n) is 18.2. The molecule has 0 spiro atoms. The number of piperidine rings is 1. The highest BCUT2D eigenvalue weighted by Crippen LogP contribution is 2.25. The van der Waals surface area contributed by atoms with E-state index in [0.717, 1.165) is 13.0 Å². The van der Waals surface area contributed by atoms with Crippen LogP contribution >= 0.6 is 0 Å². The smallest absolute Gasteiger partial charge is 0.243 e. The average Bonchev–Trinajstić information content (AvgIpc) is 3.25. The molecule has 7 nitrogen and oxygen atoms in total. The Hall–Kier alpha value is -2.84. The highest BCUT2D eigenvalue weighted by atomic mass is 32.2. The summed E-state index contributed by atoms with van der Waals surface area (Å²) in [5, 5.41) is 4.20. The van der Waals surface area contributed by atoms with Crippen LogP contribution in [0.1, 0.15) is 19.3 Å². The van der Waals surface area contributed by atoms with Gasteiger partial charge >= 0.3 is 0 Å². The minimum atomic E-state index is -3.63. The van der Waals surface area contributed by atoms with Crippen molar-refractivity contribution in [2.45, 2.75) is 30.7 Å². The molecule has 0 radical (unpaired) electrons. The first-order valence-corrected chi connectivity index (χ1v) is 12.4. The van der Waals surface area contributed by atoms with Gasteiger partial charge < -0.3 is 14.6 Å². The Bertz CT molecular complexity index is 1170. The van der Waals surface area contributed by atoms with E-state index in [4.69, 9.17) is 4.74 Å². The number of para-hydroxylation sites is 1. The lowest BCUT2D eigenvalue weighted by Crippen LogP contribution is -2.45. The Morgan fingerprint density at radius 1 is 1.12 bits per heavy atom. The van der Waals surface area contributed by atoms with Gasteiger partial charge in [-0.2, -0.15) is 4.31 Å². The van der Waals surface area contributed by atoms with E-state index in [1.807, 2.05) is 12.1 Å². The fourth-order valence-electron chi connectivity index (χ4n) is 4.21. The van der Waals surface area contributed by atoms with Gasteiger partial charge in [0.05, 0.1) is 17.9 Å². The Balaban J connectivity index is 1.30. The number of hydrogen-bond donors (Lipinski definition) is 1. The number of benzene rings is 2. The summed E-state index contributed by atoms with van der Waals surface area (Å²) in [5.74, 6) is 0.203. The third-order valence-electron chi connectivity index (χ3n) is 6.01. The Kier molecular flexibility index (Phi) is 6.81. The molecule has 1 unspecified atom stereocenters. The number of aromatic nitrogens is 1. The fourth-order valence-corrected chi connectivity index (χ4v) is 5.74. The highest BCUT2D eigenvalue weighted by molar-refractivity contribution is 7.89. The van der Waals surface area contributed by atoms with Crippen molar-refractivity contribution in [2.24, 2.45) is 5.92 Å². The van der Waals surface area contributed by atoms with Crippen LogP contribution in [0.25, 0.3) is 10.9 Å². The summed E-state index contributed by atoms with van der Waals surface area (Å²) in [6.07, 6.45) is 4.24. The largest absolute Gasteiger partial charge is 0.497 e. The normalized spacial score (nSPS) is 17.3. The van der Waals surface area contributed by atoms with Crippen molar-refractivity contribution in [3.05, 3.63) is 60.8 Å². The van der Waals surface area contributed by atoms with Crippen molar-refractivity contribution in [1.82, 2.24) is 14.2 Å². The molecule has 2 heterocycles. The first kappa shape index (κ1) is 22.4. The molecular formula is C24H29N3O4S. The molecule has 0 bridgehead atoms. The predicted octanol–water partition coefficient (Wildman–Crippen LogP) is 3.26. The monoisotopic (exact) mass is 455 g/mol. The molecule has 2 aromatic carbocycles. The zero-order chi connectivity index (χ0) is 22.6. The molecule has 170 valence electrons. The second-order valence-electron chi connectivity index (χ2n) is 8.09. The van der Waals surface area contributed by atoms with Gasteiger partial charge in [-0.1, -0.05) is 18.2 Å². The molecule has 1 amide bonds. The summed E-state index contributed by atoms with van der Waals surface area (Å²) in [4.78, 5) is 12.9. The molecule has 1 N–H and O–H groups in total. The quantitative estimate of drug-likeness (QED) is 0.529. The van der Waals surface area contributed by atoms with Crippen molar-refractivity contribution in [3.63, 3.8) is 0 Å². The number of aryl methyl sites for hydroxylation is 1. The Labute approximate surface area is 189 Å². The molecule has 3 aromatic rings. The number of fused-ring (bicyclic) bond motifs is 1. The minimum Gasteiger partial charge on any atom is -0.497 e. The van der Waals surface area contributed by atoms with Gasteiger partial charge in [-0.3, -0.25) is 4.79 Å². The van der Waals surface area contributed by atoms with E-state index in [1.54, 1.807) is 24.3 Å². The second kappa shape index (κ2) is 9.75. The SMILES string of the molecule is COc1ccc(S(=O)(=O)N2CCCC(C(=O)NCCCn3ccc4ccccc43)C2)cc1. The van der Waals surface area contributed by atoms with Crippen LogP contribution in [0.5, 0.6) is 5.75 Å². The van der Waals surface area contributed by atoms with Crippen molar-refractivity contribution in [3.8, 4) is 5.75 Å². The Morgan fingerprint density at radius 3 is 2.69 bits per heavy atom. The van der Waals surface area contributed by atoms with Crippen molar-refractivity contribution < 1.29 is 17.9 Å². The minimum absolute atomic E-state index is 0.0722. The first-order valence-electron chi connectivity index (χ1n) is 10.9. The lowest BCUT2D eigenvalue weighted by Gasteiger charge is -2.31. The van der Waals surface area contributed by atoms with Crippen LogP contribution in [0, 0.1) is 5.92 Å². The van der Waals surface area contributed by atoms with Gasteiger partial charge in [0.2, 0.25) is 15.9 Å². The topological polar surface area (TPSA) is 80.6 Å². The maximum absolute atomic E-state index is 13.0. The molecule has 1 aliphatic rings. The maximum atomic E-state index is 13.0. The summed E-state index contributed by atoms with van der Waals surface area (Å²) < 4.78 is 34.7. The van der Waals surface area contributed by atoms with Crippen LogP contribution in [-0.4, -0.2) is 49.9 Å². The predicted molar refractivity (Wildman–Crippen MR) is 124 cm³/mol. The van der Waals surface area contributed by atoms with E-state index in [1.165, 1.54) is 22.3 Å². The number of carbonyl (C=O) groups excluding carboxylic acids is 1. The van der Waals surface area contributed by atoms with E-state index in [-0.39, 0.29) is 23.3 Å². The molecule has 32 heavy (non-hydrogen) atoms. The molecule has 1 fully saturated rings. The summed E-state index contributed by atoms with van der Waals surface area (Å²) >= 11 is 0. The van der Waals surface area contributed by atoms with E-state index in [0.29, 0.717) is 31.7 Å². The van der Waals surface area contributed by atoms with Gasteiger partial charge in [0.25, 0.3) is 0 Å². The highest BCUT2D eigenvalue weighted by Gasteiger charge is 2.33. The summed E-state index contributed by atoms with van der Waals surface area (Å²) in [6, 6.07) is 16.7. The van der Waals surface area contributed by atoms with Crippen LogP contribution in [0.15, 0.2) is 65.7 Å². The maximum Gasteiger partial charge on any atom is 0.243 e. The van der Waals surface area contributed by atoms with Crippen molar-refractivity contribution >= 4 is 26.8 Å². The number of amides is 1. The van der Waals surface area contributed by atoms with E-state index < -0.39 is 10.0 Å². The summed E-state index contributed by atoms with van der Waals surface area (Å²) in [6.45, 7) is 2.02. The van der Waals surface area contributed by atoms with Gasteiger partial charge in [-0.05, 0) is 61.0 Å². The lowest BCUT2D eigenvalue weighted by atomic mass is 9.99. The molecule has 0 saturated carbocycles. The molecule has 4 rings (SSSR count). The number of nitrogens with zero attached hydrogens (tertiary/aromatic N) is 2. The fraction of sp³-hybridized carbons (Fsp3) is 0.375. The summed E-state index contributed by atoms with van der Waals surface area (Å²) in [7, 11) is -2.09. The number of carbonyl (C=O) groups is 1. The summed E-state index contributed by atoms with van der Waals surface area (Å²) in [5.41, 5.74) is 1.19. The molecule has 0 aliphatic carbocycles. The number of sulfonamides is 1. The molecular weight excluding hydrogens is 426 g/mol. The van der Waals surface area contributed by atoms with Gasteiger partial charge in [0.1, 0.15) is 5.75 Å². The third-order valence-corrected chi connectivity index (χ3v) is 7.89. The number of hydrogen-bond acceptors (Lipinski definition) is 4. The Morgan fingerprint density at radius 2 is 1.91 bits per heavy atom. The van der Waals surface area contributed by atoms with Crippen LogP contribution in [-0.2, 0) is 21.4 Å². The van der Waals surface area contributed by atoms with E-state index in [9.17, 15) is 13.2 Å². The van der Waals surface area contributed by atoms with Crippen LogP contribution in [0.2, 0.25) is 0 Å². The van der Waals surface area contributed by atoms with E-state index in [2.05, 4.69) is 34.3 Å². The molecule has 8 heteroatoms. The van der Waals surface area contributed by atoms with Crippen LogP contribution in [0.3, 0.4) is 0 Å². The lowest BCUT2D eigenvalue weighted by molar-refractivity contribution is -0.126. The molecule has 1 aromatic heterocycles. The standard InChI is InChI=1S/C24H29N3O4S/c1-31-21-9-11-22(12-10-21)32(29,30)27-16-4-7-20(18-27)24(28)25-14-5-15-26-17-13-19-6-2-3-8-23(19)26/h2-3,6,8-13,17,20H,4-5,7,14-16,18H2,1H3,(H,25,28). The van der Waals surface area contributed by atoms with Crippen molar-refractivity contribution in [2.75, 3.05) is 26.7 Å². The van der Waals surface area contributed by atoms with Gasteiger partial charge in [-0.15, -0.1) is 0 Å². The van der Waals surface area contributed by atoms with Crippen molar-refractivity contribution in [1.29, 1.82) is 0 Å². The zero-order valence-corrected chi connectivity index (χ0v) is 19.1. The number of ether oxygens (including phenoxy) is 1.